The number of aromatic amines is 2. The minimum absolute atomic E-state index is 0.0282. The molecule has 1 amide bonds. The van der Waals surface area contributed by atoms with E-state index < -0.39 is 0 Å². The molecule has 7 heteroatoms. The Balaban J connectivity index is 1.47. The summed E-state index contributed by atoms with van der Waals surface area (Å²) in [6, 6.07) is 17.8. The van der Waals surface area contributed by atoms with Crippen LogP contribution in [-0.2, 0) is 4.79 Å². The first-order chi connectivity index (χ1) is 16.2. The maximum Gasteiger partial charge on any atom is 0.219 e. The van der Waals surface area contributed by atoms with Gasteiger partial charge in [-0.05, 0) is 55.3 Å². The van der Waals surface area contributed by atoms with Crippen LogP contribution in [0.25, 0.3) is 33.5 Å². The first-order valence-corrected chi connectivity index (χ1v) is 11.1. The van der Waals surface area contributed by atoms with Crippen molar-refractivity contribution < 1.29 is 9.53 Å². The van der Waals surface area contributed by atoms with Crippen LogP contribution in [-0.4, -0.2) is 37.3 Å². The molecule has 1 aliphatic rings. The van der Waals surface area contributed by atoms with Crippen LogP contribution in [0.3, 0.4) is 0 Å². The summed E-state index contributed by atoms with van der Waals surface area (Å²) < 4.78 is 6.43. The van der Waals surface area contributed by atoms with Gasteiger partial charge in [0.15, 0.2) is 5.82 Å². The highest BCUT2D eigenvalue weighted by Gasteiger charge is 2.31. The second kappa shape index (κ2) is 7.78. The smallest absolute Gasteiger partial charge is 0.219 e. The summed E-state index contributed by atoms with van der Waals surface area (Å²) in [4.78, 5) is 30.0. The predicted octanol–water partition coefficient (Wildman–Crippen LogP) is 5.58. The summed E-state index contributed by atoms with van der Waals surface area (Å²) in [7, 11) is 0. The third-order valence-corrected chi connectivity index (χ3v) is 6.29. The van der Waals surface area contributed by atoms with Gasteiger partial charge in [-0.15, -0.1) is 0 Å². The second-order valence-electron chi connectivity index (χ2n) is 8.41. The van der Waals surface area contributed by atoms with Crippen LogP contribution in [0, 0.1) is 0 Å². The number of amides is 1. The Morgan fingerprint density at radius 2 is 2.06 bits per heavy atom. The van der Waals surface area contributed by atoms with Gasteiger partial charge in [0.1, 0.15) is 17.2 Å². The molecule has 2 N–H and O–H groups in total. The molecule has 7 nitrogen and oxygen atoms in total. The van der Waals surface area contributed by atoms with Gasteiger partial charge in [-0.2, -0.15) is 0 Å². The van der Waals surface area contributed by atoms with Crippen LogP contribution < -0.4 is 4.74 Å². The van der Waals surface area contributed by atoms with E-state index in [1.807, 2.05) is 59.6 Å². The maximum atomic E-state index is 12.3. The van der Waals surface area contributed by atoms with Crippen molar-refractivity contribution in [3.8, 4) is 23.0 Å². The number of likely N-dealkylation sites (tertiary alicyclic amines) is 1. The Labute approximate surface area is 190 Å². The molecular formula is C26H23N5O2. The highest BCUT2D eigenvalue weighted by molar-refractivity contribution is 5.83. The molecule has 164 valence electrons. The molecule has 1 unspecified atom stereocenters. The highest BCUT2D eigenvalue weighted by atomic mass is 16.5. The normalized spacial score (nSPS) is 16.0. The first-order valence-electron chi connectivity index (χ1n) is 11.1. The van der Waals surface area contributed by atoms with E-state index in [1.54, 1.807) is 13.1 Å². The van der Waals surface area contributed by atoms with Gasteiger partial charge in [-0.25, -0.2) is 4.98 Å². The number of nitrogens with zero attached hydrogens (tertiary/aromatic N) is 3. The third-order valence-electron chi connectivity index (χ3n) is 6.29. The molecule has 6 rings (SSSR count). The van der Waals surface area contributed by atoms with Gasteiger partial charge in [-0.3, -0.25) is 9.78 Å². The number of nitrogens with one attached hydrogen (secondary N) is 2. The van der Waals surface area contributed by atoms with Gasteiger partial charge in [0.25, 0.3) is 0 Å². The van der Waals surface area contributed by atoms with Crippen LogP contribution in [0.4, 0.5) is 0 Å². The molecule has 1 saturated heterocycles. The van der Waals surface area contributed by atoms with Crippen molar-refractivity contribution in [2.75, 3.05) is 6.54 Å². The zero-order chi connectivity index (χ0) is 22.4. The van der Waals surface area contributed by atoms with Crippen molar-refractivity contribution in [2.45, 2.75) is 25.8 Å². The van der Waals surface area contributed by atoms with Crippen molar-refractivity contribution in [1.82, 2.24) is 24.8 Å². The van der Waals surface area contributed by atoms with E-state index in [-0.39, 0.29) is 11.9 Å². The van der Waals surface area contributed by atoms with E-state index in [1.165, 1.54) is 0 Å². The minimum Gasteiger partial charge on any atom is -0.457 e. The van der Waals surface area contributed by atoms with Crippen LogP contribution in [0.5, 0.6) is 11.5 Å². The number of pyridine rings is 1. The number of carbonyl (C=O) groups excluding carboxylic acids is 1. The number of imidazole rings is 1. The first kappa shape index (κ1) is 19.5. The molecular weight excluding hydrogens is 414 g/mol. The summed E-state index contributed by atoms with van der Waals surface area (Å²) >= 11 is 0. The van der Waals surface area contributed by atoms with Gasteiger partial charge in [-0.1, -0.05) is 6.07 Å². The Morgan fingerprint density at radius 3 is 2.91 bits per heavy atom. The number of hydrogen-bond acceptors (Lipinski definition) is 4. The molecule has 2 aromatic carbocycles. The summed E-state index contributed by atoms with van der Waals surface area (Å²) in [5.41, 5.74) is 4.52. The van der Waals surface area contributed by atoms with Gasteiger partial charge < -0.3 is 19.6 Å². The molecule has 0 radical (unpaired) electrons. The van der Waals surface area contributed by atoms with E-state index in [4.69, 9.17) is 9.72 Å². The molecule has 3 aromatic heterocycles. The molecule has 0 bridgehead atoms. The number of hydrogen-bond donors (Lipinski definition) is 2. The lowest BCUT2D eigenvalue weighted by Crippen LogP contribution is -2.28. The fraction of sp³-hybridized carbons (Fsp3) is 0.192. The number of ether oxygens (including phenoxy) is 1. The van der Waals surface area contributed by atoms with Crippen LogP contribution in [0.1, 0.15) is 31.4 Å². The Kier molecular flexibility index (Phi) is 4.61. The molecule has 1 atom stereocenters. The Bertz CT molecular complexity index is 1470. The monoisotopic (exact) mass is 437 g/mol. The van der Waals surface area contributed by atoms with Crippen LogP contribution in [0.15, 0.2) is 67.0 Å². The molecule has 0 saturated carbocycles. The van der Waals surface area contributed by atoms with Gasteiger partial charge in [0.05, 0.1) is 17.1 Å². The van der Waals surface area contributed by atoms with E-state index in [0.717, 1.165) is 64.1 Å². The van der Waals surface area contributed by atoms with Gasteiger partial charge in [0.2, 0.25) is 5.91 Å². The average molecular weight is 438 g/mol. The molecule has 1 fully saturated rings. The second-order valence-corrected chi connectivity index (χ2v) is 8.41. The highest BCUT2D eigenvalue weighted by Crippen LogP contribution is 2.41. The maximum absolute atomic E-state index is 12.3. The molecule has 1 aliphatic heterocycles. The van der Waals surface area contributed by atoms with Crippen molar-refractivity contribution in [3.63, 3.8) is 0 Å². The lowest BCUT2D eigenvalue weighted by molar-refractivity contribution is -0.129. The van der Waals surface area contributed by atoms with Crippen LogP contribution in [0.2, 0.25) is 0 Å². The predicted molar refractivity (Wildman–Crippen MR) is 127 cm³/mol. The number of rotatable bonds is 4. The van der Waals surface area contributed by atoms with Crippen molar-refractivity contribution in [2.24, 2.45) is 0 Å². The van der Waals surface area contributed by atoms with Gasteiger partial charge >= 0.3 is 0 Å². The lowest BCUT2D eigenvalue weighted by Gasteiger charge is -2.25. The van der Waals surface area contributed by atoms with Crippen molar-refractivity contribution in [3.05, 3.63) is 72.6 Å². The summed E-state index contributed by atoms with van der Waals surface area (Å²) in [5.74, 6) is 2.25. The van der Waals surface area contributed by atoms with E-state index in [0.29, 0.717) is 5.82 Å². The Morgan fingerprint density at radius 1 is 1.12 bits per heavy atom. The summed E-state index contributed by atoms with van der Waals surface area (Å²) in [5, 5.41) is 1.08. The van der Waals surface area contributed by atoms with E-state index in [9.17, 15) is 4.79 Å². The molecule has 0 aliphatic carbocycles. The molecule has 5 aromatic rings. The van der Waals surface area contributed by atoms with Crippen molar-refractivity contribution >= 4 is 27.8 Å². The van der Waals surface area contributed by atoms with E-state index in [2.05, 4.69) is 21.0 Å². The fourth-order valence-corrected chi connectivity index (χ4v) is 4.72. The number of benzene rings is 2. The van der Waals surface area contributed by atoms with Crippen LogP contribution >= 0.6 is 0 Å². The molecule has 4 heterocycles. The quantitative estimate of drug-likeness (QED) is 0.384. The lowest BCUT2D eigenvalue weighted by atomic mass is 10.0. The SMILES string of the molecule is CC(=O)N1CCCC1c1cc2[nH]c(-c3ccccn3)nc2cc1Oc1ccc2[nH]ccc2c1. The molecule has 33 heavy (non-hydrogen) atoms. The fourth-order valence-electron chi connectivity index (χ4n) is 4.72. The number of fused-ring (bicyclic) bond motifs is 2. The average Bonchev–Trinajstić information content (AvgIpc) is 3.57. The number of carbonyl (C=O) groups is 1. The number of aromatic nitrogens is 4. The van der Waals surface area contributed by atoms with Gasteiger partial charge in [0, 0.05) is 48.4 Å². The van der Waals surface area contributed by atoms with E-state index >= 15 is 0 Å². The summed E-state index contributed by atoms with van der Waals surface area (Å²) in [6.07, 6.45) is 5.54. The zero-order valence-corrected chi connectivity index (χ0v) is 18.2. The third kappa shape index (κ3) is 3.51. The zero-order valence-electron chi connectivity index (χ0n) is 18.2. The summed E-state index contributed by atoms with van der Waals surface area (Å²) in [6.45, 7) is 2.39. The van der Waals surface area contributed by atoms with Crippen molar-refractivity contribution in [1.29, 1.82) is 0 Å². The number of H-pyrrole nitrogens is 2. The molecule has 0 spiro atoms. The standard InChI is InChI=1S/C26H23N5O2/c1-16(32)31-12-4-6-24(31)19-14-22-23(30-26(29-22)21-5-2-3-10-27-21)15-25(19)33-18-7-8-20-17(13-18)9-11-28-20/h2-3,5,7-11,13-15,24,28H,4,6,12H2,1H3,(H,29,30). The minimum atomic E-state index is -0.0282. The largest absolute Gasteiger partial charge is 0.457 e. The topological polar surface area (TPSA) is 86.9 Å². The Hall–Kier alpha value is -4.13.